The molecule has 2 aromatic rings. The van der Waals surface area contributed by atoms with Crippen molar-refractivity contribution in [2.24, 2.45) is 4.99 Å². The third-order valence-corrected chi connectivity index (χ3v) is 5.41. The van der Waals surface area contributed by atoms with Gasteiger partial charge in [-0.1, -0.05) is 17.7 Å². The van der Waals surface area contributed by atoms with E-state index in [0.29, 0.717) is 23.7 Å². The van der Waals surface area contributed by atoms with Gasteiger partial charge in [-0.25, -0.2) is 4.98 Å². The van der Waals surface area contributed by atoms with Gasteiger partial charge in [-0.05, 0) is 63.9 Å². The van der Waals surface area contributed by atoms with Crippen molar-refractivity contribution in [2.75, 3.05) is 23.7 Å². The molecule has 3 heterocycles. The normalized spacial score (nSPS) is 22.8. The number of aliphatic imine (C=N–C) groups is 1. The number of aromatic nitrogens is 1. The molecule has 29 heavy (non-hydrogen) atoms. The van der Waals surface area contributed by atoms with Crippen LogP contribution >= 0.6 is 11.6 Å². The lowest BCUT2D eigenvalue weighted by Crippen LogP contribution is -2.63. The van der Waals surface area contributed by atoms with E-state index < -0.39 is 5.54 Å². The average molecular weight is 412 g/mol. The molecule has 4 rings (SSSR count). The fraction of sp³-hybridized carbons (Fsp3) is 0.409. The minimum atomic E-state index is -0.476. The number of likely N-dealkylation sites (tertiary alicyclic amines) is 1. The quantitative estimate of drug-likeness (QED) is 0.727. The van der Waals surface area contributed by atoms with Crippen LogP contribution in [-0.4, -0.2) is 45.8 Å². The maximum Gasteiger partial charge on any atom is 0.253 e. The Bertz CT molecular complexity index is 968. The highest BCUT2D eigenvalue weighted by molar-refractivity contribution is 6.31. The Morgan fingerprint density at radius 1 is 1.28 bits per heavy atom. The van der Waals surface area contributed by atoms with E-state index in [-0.39, 0.29) is 11.4 Å². The molecule has 0 radical (unpaired) electrons. The number of nitrogens with zero attached hydrogens (tertiary/aromatic N) is 3. The van der Waals surface area contributed by atoms with E-state index in [2.05, 4.69) is 36.4 Å². The molecule has 152 valence electrons. The van der Waals surface area contributed by atoms with Crippen molar-refractivity contribution in [2.45, 2.75) is 44.7 Å². The standard InChI is InChI=1S/C22H26ClN5O/c1-21(2,3)27-20-22(26-17-9-5-11-24-18(17)25-20)10-6-12-28(14-22)19(29)15-7-4-8-16(23)13-15/h4-5,7-9,11,13,26H,6,10,12,14H2,1-3H3,(H,24,25,27). The summed E-state index contributed by atoms with van der Waals surface area (Å²) in [7, 11) is 0. The number of fused-ring (bicyclic) bond motifs is 1. The molecule has 2 aliphatic rings. The lowest BCUT2D eigenvalue weighted by molar-refractivity contribution is 0.0694. The summed E-state index contributed by atoms with van der Waals surface area (Å²) in [5.41, 5.74) is 0.797. The van der Waals surface area contributed by atoms with Gasteiger partial charge < -0.3 is 15.5 Å². The number of nitrogens with one attached hydrogen (secondary N) is 2. The number of amides is 1. The van der Waals surface area contributed by atoms with E-state index >= 15 is 0 Å². The molecule has 1 unspecified atom stereocenters. The molecule has 1 amide bonds. The van der Waals surface area contributed by atoms with Crippen molar-refractivity contribution >= 4 is 34.8 Å². The van der Waals surface area contributed by atoms with Gasteiger partial charge in [0.2, 0.25) is 0 Å². The molecule has 0 aliphatic carbocycles. The highest BCUT2D eigenvalue weighted by Crippen LogP contribution is 2.36. The smallest absolute Gasteiger partial charge is 0.253 e. The Morgan fingerprint density at radius 2 is 2.10 bits per heavy atom. The third-order valence-electron chi connectivity index (χ3n) is 5.17. The second-order valence-corrected chi connectivity index (χ2v) is 9.14. The molecule has 7 heteroatoms. The van der Waals surface area contributed by atoms with Crippen molar-refractivity contribution < 1.29 is 4.79 Å². The number of benzene rings is 1. The summed E-state index contributed by atoms with van der Waals surface area (Å²) in [4.78, 5) is 24.5. The summed E-state index contributed by atoms with van der Waals surface area (Å²) in [5, 5.41) is 7.66. The topological polar surface area (TPSA) is 69.6 Å². The first-order valence-electron chi connectivity index (χ1n) is 9.91. The van der Waals surface area contributed by atoms with Gasteiger partial charge in [-0.2, -0.15) is 0 Å². The summed E-state index contributed by atoms with van der Waals surface area (Å²) in [6.45, 7) is 7.44. The highest BCUT2D eigenvalue weighted by Gasteiger charge is 2.45. The van der Waals surface area contributed by atoms with Gasteiger partial charge in [0.15, 0.2) is 5.82 Å². The van der Waals surface area contributed by atoms with Crippen molar-refractivity contribution in [1.82, 2.24) is 9.88 Å². The summed E-state index contributed by atoms with van der Waals surface area (Å²) in [5.74, 6) is 1.58. The minimum Gasteiger partial charge on any atom is -0.368 e. The molecule has 1 aromatic carbocycles. The Kier molecular flexibility index (Phi) is 4.99. The molecular formula is C22H26ClN5O. The SMILES string of the molecule is CC(C)(C)N=C1Nc2ncccc2NC12CCCN(C(=O)c1cccc(Cl)c1)C2. The molecule has 0 saturated carbocycles. The van der Waals surface area contributed by atoms with Crippen LogP contribution in [0.5, 0.6) is 0 Å². The first-order chi connectivity index (χ1) is 13.8. The Hall–Kier alpha value is -2.60. The van der Waals surface area contributed by atoms with E-state index in [9.17, 15) is 4.79 Å². The van der Waals surface area contributed by atoms with E-state index in [4.69, 9.17) is 16.6 Å². The number of halogens is 1. The lowest BCUT2D eigenvalue weighted by Gasteiger charge is -2.47. The zero-order valence-electron chi connectivity index (χ0n) is 17.0. The van der Waals surface area contributed by atoms with E-state index in [0.717, 1.165) is 30.2 Å². The number of rotatable bonds is 1. The fourth-order valence-corrected chi connectivity index (χ4v) is 4.14. The molecule has 0 bridgehead atoms. The predicted molar refractivity (Wildman–Crippen MR) is 118 cm³/mol. The van der Waals surface area contributed by atoms with Crippen LogP contribution in [-0.2, 0) is 0 Å². The number of carbonyl (C=O) groups excluding carboxylic acids is 1. The molecular weight excluding hydrogens is 386 g/mol. The molecule has 6 nitrogen and oxygen atoms in total. The van der Waals surface area contributed by atoms with Crippen molar-refractivity contribution in [3.8, 4) is 0 Å². The van der Waals surface area contributed by atoms with Crippen LogP contribution in [0, 0.1) is 0 Å². The Labute approximate surface area is 176 Å². The number of anilines is 2. The van der Waals surface area contributed by atoms with Crippen LogP contribution in [0.25, 0.3) is 0 Å². The van der Waals surface area contributed by atoms with Crippen LogP contribution in [0.1, 0.15) is 44.0 Å². The first kappa shape index (κ1) is 19.7. The number of hydrogen-bond donors (Lipinski definition) is 2. The maximum atomic E-state index is 13.2. The minimum absolute atomic E-state index is 0.0135. The Balaban J connectivity index is 1.70. The van der Waals surface area contributed by atoms with Gasteiger partial charge in [0.05, 0.1) is 17.8 Å². The van der Waals surface area contributed by atoms with Gasteiger partial charge in [-0.15, -0.1) is 0 Å². The van der Waals surface area contributed by atoms with Crippen LogP contribution in [0.15, 0.2) is 47.6 Å². The monoisotopic (exact) mass is 411 g/mol. The fourth-order valence-electron chi connectivity index (χ4n) is 3.95. The van der Waals surface area contributed by atoms with Gasteiger partial charge in [-0.3, -0.25) is 9.79 Å². The second-order valence-electron chi connectivity index (χ2n) is 8.70. The lowest BCUT2D eigenvalue weighted by atomic mass is 9.85. The molecule has 1 atom stereocenters. The molecule has 1 fully saturated rings. The van der Waals surface area contributed by atoms with Crippen LogP contribution in [0.4, 0.5) is 11.5 Å². The van der Waals surface area contributed by atoms with Crippen molar-refractivity contribution in [3.05, 3.63) is 53.2 Å². The van der Waals surface area contributed by atoms with Gasteiger partial charge >= 0.3 is 0 Å². The molecule has 1 spiro atoms. The zero-order chi connectivity index (χ0) is 20.6. The second kappa shape index (κ2) is 7.34. The van der Waals surface area contributed by atoms with Crippen molar-refractivity contribution in [1.29, 1.82) is 0 Å². The van der Waals surface area contributed by atoms with E-state index in [1.165, 1.54) is 0 Å². The van der Waals surface area contributed by atoms with Crippen LogP contribution in [0.2, 0.25) is 5.02 Å². The highest BCUT2D eigenvalue weighted by atomic mass is 35.5. The van der Waals surface area contributed by atoms with Gasteiger partial charge in [0.1, 0.15) is 11.4 Å². The molecule has 2 N–H and O–H groups in total. The predicted octanol–water partition coefficient (Wildman–Crippen LogP) is 4.44. The van der Waals surface area contributed by atoms with E-state index in [1.807, 2.05) is 29.2 Å². The summed E-state index contributed by atoms with van der Waals surface area (Å²) in [6, 6.07) is 11.0. The molecule has 1 saturated heterocycles. The summed E-state index contributed by atoms with van der Waals surface area (Å²) >= 11 is 6.10. The summed E-state index contributed by atoms with van der Waals surface area (Å²) in [6.07, 6.45) is 3.51. The average Bonchev–Trinajstić information content (AvgIpc) is 2.67. The number of hydrogen-bond acceptors (Lipinski definition) is 4. The first-order valence-corrected chi connectivity index (χ1v) is 10.3. The maximum absolute atomic E-state index is 13.2. The number of carbonyl (C=O) groups is 1. The van der Waals surface area contributed by atoms with Crippen molar-refractivity contribution in [3.63, 3.8) is 0 Å². The summed E-state index contributed by atoms with van der Waals surface area (Å²) < 4.78 is 0. The van der Waals surface area contributed by atoms with E-state index in [1.54, 1.807) is 18.3 Å². The largest absolute Gasteiger partial charge is 0.368 e. The van der Waals surface area contributed by atoms with Crippen LogP contribution in [0.3, 0.4) is 0 Å². The number of amidine groups is 1. The van der Waals surface area contributed by atoms with Crippen LogP contribution < -0.4 is 10.6 Å². The number of piperidine rings is 1. The molecule has 1 aromatic heterocycles. The molecule has 2 aliphatic heterocycles. The zero-order valence-corrected chi connectivity index (χ0v) is 17.8. The number of pyridine rings is 1. The Morgan fingerprint density at radius 3 is 2.86 bits per heavy atom. The third kappa shape index (κ3) is 4.08. The van der Waals surface area contributed by atoms with Gasteiger partial charge in [0.25, 0.3) is 5.91 Å². The van der Waals surface area contributed by atoms with Gasteiger partial charge in [0, 0.05) is 23.3 Å².